The van der Waals surface area contributed by atoms with Crippen LogP contribution in [0.25, 0.3) is 11.5 Å². The van der Waals surface area contributed by atoms with Gasteiger partial charge in [-0.15, -0.1) is 0 Å². The maximum atomic E-state index is 12.5. The molecule has 1 saturated carbocycles. The third-order valence-electron chi connectivity index (χ3n) is 4.61. The maximum Gasteiger partial charge on any atom is 0.319 e. The molecular weight excluding hydrogens is 370 g/mol. The SMILES string of the molecule is CCOc1ncccc1CNC(=O)Nc1ccc(C)cc1-c1nc(C2CC2)no1. The van der Waals surface area contributed by atoms with E-state index in [1.54, 1.807) is 6.20 Å². The summed E-state index contributed by atoms with van der Waals surface area (Å²) >= 11 is 0. The molecule has 29 heavy (non-hydrogen) atoms. The van der Waals surface area contributed by atoms with Crippen LogP contribution in [0.15, 0.2) is 41.1 Å². The van der Waals surface area contributed by atoms with E-state index in [9.17, 15) is 4.79 Å². The minimum absolute atomic E-state index is 0.294. The van der Waals surface area contributed by atoms with Gasteiger partial charge in [0, 0.05) is 24.2 Å². The van der Waals surface area contributed by atoms with E-state index in [0.717, 1.165) is 29.8 Å². The highest BCUT2D eigenvalue weighted by atomic mass is 16.5. The fourth-order valence-corrected chi connectivity index (χ4v) is 2.96. The van der Waals surface area contributed by atoms with Crippen molar-refractivity contribution in [2.45, 2.75) is 39.2 Å². The predicted molar refractivity (Wildman–Crippen MR) is 108 cm³/mol. The number of urea groups is 1. The van der Waals surface area contributed by atoms with Crippen LogP contribution in [-0.4, -0.2) is 27.8 Å². The van der Waals surface area contributed by atoms with Crippen molar-refractivity contribution >= 4 is 11.7 Å². The molecule has 0 atom stereocenters. The van der Waals surface area contributed by atoms with Crippen molar-refractivity contribution in [1.82, 2.24) is 20.4 Å². The number of aryl methyl sites for hydroxylation is 1. The first-order chi connectivity index (χ1) is 14.1. The molecule has 1 aliphatic rings. The smallest absolute Gasteiger partial charge is 0.319 e. The second-order valence-electron chi connectivity index (χ2n) is 6.99. The first-order valence-corrected chi connectivity index (χ1v) is 9.70. The van der Waals surface area contributed by atoms with Crippen molar-refractivity contribution in [3.63, 3.8) is 0 Å². The number of amides is 2. The molecule has 0 saturated heterocycles. The molecule has 1 aromatic carbocycles. The number of benzene rings is 1. The molecule has 0 spiro atoms. The minimum atomic E-state index is -0.344. The van der Waals surface area contributed by atoms with Gasteiger partial charge in [0.25, 0.3) is 5.89 Å². The number of aromatic nitrogens is 3. The van der Waals surface area contributed by atoms with Crippen molar-refractivity contribution in [2.75, 3.05) is 11.9 Å². The van der Waals surface area contributed by atoms with E-state index in [1.807, 2.05) is 44.2 Å². The van der Waals surface area contributed by atoms with Crippen LogP contribution in [0.1, 0.15) is 42.6 Å². The van der Waals surface area contributed by atoms with Gasteiger partial charge in [0.1, 0.15) is 0 Å². The summed E-state index contributed by atoms with van der Waals surface area (Å²) in [6.07, 6.45) is 3.85. The van der Waals surface area contributed by atoms with Crippen LogP contribution < -0.4 is 15.4 Å². The molecule has 2 aromatic heterocycles. The minimum Gasteiger partial charge on any atom is -0.478 e. The van der Waals surface area contributed by atoms with Gasteiger partial charge in [-0.2, -0.15) is 4.98 Å². The van der Waals surface area contributed by atoms with Crippen molar-refractivity contribution in [1.29, 1.82) is 0 Å². The Labute approximate surface area is 168 Å². The largest absolute Gasteiger partial charge is 0.478 e. The number of hydrogen-bond acceptors (Lipinski definition) is 6. The number of nitrogens with zero attached hydrogens (tertiary/aromatic N) is 3. The topological polar surface area (TPSA) is 102 Å². The first kappa shape index (κ1) is 18.9. The number of ether oxygens (including phenoxy) is 1. The summed E-state index contributed by atoms with van der Waals surface area (Å²) in [4.78, 5) is 21.2. The molecule has 8 nitrogen and oxygen atoms in total. The van der Waals surface area contributed by atoms with Gasteiger partial charge in [0.2, 0.25) is 5.88 Å². The van der Waals surface area contributed by atoms with E-state index in [1.165, 1.54) is 0 Å². The number of carbonyl (C=O) groups is 1. The van der Waals surface area contributed by atoms with Crippen molar-refractivity contribution < 1.29 is 14.1 Å². The van der Waals surface area contributed by atoms with Crippen molar-refractivity contribution in [3.05, 3.63) is 53.5 Å². The Morgan fingerprint density at radius 1 is 1.31 bits per heavy atom. The van der Waals surface area contributed by atoms with Gasteiger partial charge in [-0.05, 0) is 44.9 Å². The molecule has 0 bridgehead atoms. The van der Waals surface area contributed by atoms with Crippen LogP contribution in [0, 0.1) is 6.92 Å². The Morgan fingerprint density at radius 2 is 2.17 bits per heavy atom. The van der Waals surface area contributed by atoms with E-state index >= 15 is 0 Å². The van der Waals surface area contributed by atoms with E-state index in [2.05, 4.69) is 25.8 Å². The highest BCUT2D eigenvalue weighted by Gasteiger charge is 2.29. The van der Waals surface area contributed by atoms with Gasteiger partial charge < -0.3 is 19.9 Å². The van der Waals surface area contributed by atoms with Gasteiger partial charge in [-0.1, -0.05) is 22.9 Å². The van der Waals surface area contributed by atoms with Crippen LogP contribution in [0.5, 0.6) is 5.88 Å². The lowest BCUT2D eigenvalue weighted by atomic mass is 10.1. The molecule has 0 aliphatic heterocycles. The van der Waals surface area contributed by atoms with Gasteiger partial charge in [0.05, 0.1) is 17.9 Å². The second kappa shape index (κ2) is 8.30. The molecule has 2 heterocycles. The number of carbonyl (C=O) groups excluding carboxylic acids is 1. The lowest BCUT2D eigenvalue weighted by Crippen LogP contribution is -2.28. The van der Waals surface area contributed by atoms with Gasteiger partial charge >= 0.3 is 6.03 Å². The fraction of sp³-hybridized carbons (Fsp3) is 0.333. The standard InChI is InChI=1S/C21H23N5O3/c1-3-28-19-15(5-4-10-22-19)12-23-21(27)24-17-9-6-13(2)11-16(17)20-25-18(26-29-20)14-7-8-14/h4-6,9-11,14H,3,7-8,12H2,1-2H3,(H2,23,24,27). The van der Waals surface area contributed by atoms with Gasteiger partial charge in [0.15, 0.2) is 5.82 Å². The third-order valence-corrected chi connectivity index (χ3v) is 4.61. The predicted octanol–water partition coefficient (Wildman–Crippen LogP) is 4.04. The number of anilines is 1. The van der Waals surface area contributed by atoms with Crippen LogP contribution in [-0.2, 0) is 6.54 Å². The highest BCUT2D eigenvalue weighted by Crippen LogP contribution is 2.39. The molecule has 1 aliphatic carbocycles. The summed E-state index contributed by atoms with van der Waals surface area (Å²) in [5, 5.41) is 9.78. The fourth-order valence-electron chi connectivity index (χ4n) is 2.96. The van der Waals surface area contributed by atoms with E-state index in [4.69, 9.17) is 9.26 Å². The average molecular weight is 393 g/mol. The Bertz CT molecular complexity index is 1010. The highest BCUT2D eigenvalue weighted by molar-refractivity contribution is 5.93. The Balaban J connectivity index is 1.47. The van der Waals surface area contributed by atoms with Gasteiger partial charge in [-0.3, -0.25) is 0 Å². The normalized spacial score (nSPS) is 13.2. The summed E-state index contributed by atoms with van der Waals surface area (Å²) in [6, 6.07) is 9.01. The summed E-state index contributed by atoms with van der Waals surface area (Å²) in [6.45, 7) is 4.67. The molecular formula is C21H23N5O3. The zero-order valence-electron chi connectivity index (χ0n) is 16.4. The first-order valence-electron chi connectivity index (χ1n) is 9.70. The molecule has 4 rings (SSSR count). The van der Waals surface area contributed by atoms with Gasteiger partial charge in [-0.25, -0.2) is 9.78 Å². The maximum absolute atomic E-state index is 12.5. The molecule has 150 valence electrons. The molecule has 1 fully saturated rings. The summed E-state index contributed by atoms with van der Waals surface area (Å²) in [5.41, 5.74) is 3.15. The number of pyridine rings is 1. The lowest BCUT2D eigenvalue weighted by molar-refractivity contribution is 0.251. The number of nitrogens with one attached hydrogen (secondary N) is 2. The van der Waals surface area contributed by atoms with Crippen LogP contribution in [0.4, 0.5) is 10.5 Å². The Hall–Kier alpha value is -3.42. The van der Waals surface area contributed by atoms with Crippen LogP contribution >= 0.6 is 0 Å². The summed E-state index contributed by atoms with van der Waals surface area (Å²) < 4.78 is 10.9. The summed E-state index contributed by atoms with van der Waals surface area (Å²) in [7, 11) is 0. The van der Waals surface area contributed by atoms with Crippen molar-refractivity contribution in [3.8, 4) is 17.3 Å². The van der Waals surface area contributed by atoms with Crippen LogP contribution in [0.2, 0.25) is 0 Å². The van der Waals surface area contributed by atoms with Crippen LogP contribution in [0.3, 0.4) is 0 Å². The molecule has 3 aromatic rings. The third kappa shape index (κ3) is 4.53. The van der Waals surface area contributed by atoms with E-state index < -0.39 is 0 Å². The van der Waals surface area contributed by atoms with Crippen molar-refractivity contribution in [2.24, 2.45) is 0 Å². The lowest BCUT2D eigenvalue weighted by Gasteiger charge is -2.12. The van der Waals surface area contributed by atoms with E-state index in [-0.39, 0.29) is 6.03 Å². The molecule has 0 radical (unpaired) electrons. The average Bonchev–Trinajstić information content (AvgIpc) is 3.46. The Morgan fingerprint density at radius 3 is 2.97 bits per heavy atom. The number of rotatable bonds is 7. The number of hydrogen-bond donors (Lipinski definition) is 2. The molecule has 8 heteroatoms. The molecule has 0 unspecified atom stereocenters. The molecule has 2 amide bonds. The zero-order chi connectivity index (χ0) is 20.2. The molecule has 2 N–H and O–H groups in total. The quantitative estimate of drug-likeness (QED) is 0.628. The second-order valence-corrected chi connectivity index (χ2v) is 6.99. The monoisotopic (exact) mass is 393 g/mol. The zero-order valence-corrected chi connectivity index (χ0v) is 16.4. The summed E-state index contributed by atoms with van der Waals surface area (Å²) in [5.74, 6) is 2.06. The Kier molecular flexibility index (Phi) is 5.41. The van der Waals surface area contributed by atoms with E-state index in [0.29, 0.717) is 42.1 Å².